The lowest BCUT2D eigenvalue weighted by Gasteiger charge is -2.31. The van der Waals surface area contributed by atoms with E-state index in [1.165, 1.54) is 7.11 Å². The average molecular weight is 620 g/mol. The van der Waals surface area contributed by atoms with Crippen molar-refractivity contribution in [2.75, 3.05) is 46.7 Å². The van der Waals surface area contributed by atoms with Gasteiger partial charge in [0.05, 0.1) is 73.0 Å². The molecular formula is C29H32Cl2N4O7. The van der Waals surface area contributed by atoms with Crippen LogP contribution in [0, 0.1) is 0 Å². The highest BCUT2D eigenvalue weighted by Crippen LogP contribution is 2.43. The van der Waals surface area contributed by atoms with Gasteiger partial charge in [0.1, 0.15) is 11.0 Å². The molecule has 11 nitrogen and oxygen atoms in total. The first-order valence-electron chi connectivity index (χ1n) is 13.3. The van der Waals surface area contributed by atoms with Gasteiger partial charge in [-0.2, -0.15) is 0 Å². The van der Waals surface area contributed by atoms with Crippen molar-refractivity contribution >= 4 is 46.2 Å². The number of nitrogens with zero attached hydrogens (tertiary/aromatic N) is 2. The zero-order chi connectivity index (χ0) is 30.1. The van der Waals surface area contributed by atoms with Gasteiger partial charge in [-0.1, -0.05) is 47.5 Å². The van der Waals surface area contributed by atoms with Crippen molar-refractivity contribution in [3.05, 3.63) is 80.1 Å². The number of hydrogen-bond donors (Lipinski definition) is 2. The van der Waals surface area contributed by atoms with Crippen LogP contribution in [0.5, 0.6) is 0 Å². The van der Waals surface area contributed by atoms with Crippen LogP contribution in [0.15, 0.2) is 63.6 Å². The van der Waals surface area contributed by atoms with Gasteiger partial charge >= 0.3 is 11.9 Å². The largest absolute Gasteiger partial charge is 0.466 e. The minimum absolute atomic E-state index is 0.0337. The number of aromatic nitrogens is 2. The van der Waals surface area contributed by atoms with Gasteiger partial charge in [0.15, 0.2) is 0 Å². The average Bonchev–Trinajstić information content (AvgIpc) is 3.47. The van der Waals surface area contributed by atoms with Gasteiger partial charge in [0.25, 0.3) is 0 Å². The van der Waals surface area contributed by atoms with Crippen LogP contribution in [0.25, 0.3) is 11.0 Å². The Morgan fingerprint density at radius 1 is 1.02 bits per heavy atom. The molecule has 2 heterocycles. The molecule has 1 aliphatic heterocycles. The Morgan fingerprint density at radius 3 is 2.60 bits per heavy atom. The Labute approximate surface area is 253 Å². The first-order chi connectivity index (χ1) is 20.4. The molecule has 3 aromatic rings. The van der Waals surface area contributed by atoms with Crippen LogP contribution in [0.2, 0.25) is 10.0 Å². The zero-order valence-electron chi connectivity index (χ0n) is 23.5. The number of allylic oxidation sites excluding steroid dienone is 1. The molecule has 0 amide bonds. The first kappa shape index (κ1) is 31.5. The molecule has 1 unspecified atom stereocenters. The van der Waals surface area contributed by atoms with E-state index in [1.807, 2.05) is 18.2 Å². The van der Waals surface area contributed by atoms with E-state index in [1.54, 1.807) is 32.0 Å². The monoisotopic (exact) mass is 618 g/mol. The molecule has 0 fully saturated rings. The second-order valence-electron chi connectivity index (χ2n) is 9.23. The summed E-state index contributed by atoms with van der Waals surface area (Å²) in [5.74, 6) is -2.11. The highest BCUT2D eigenvalue weighted by Gasteiger charge is 2.40. The number of nitrogens with one attached hydrogen (secondary N) is 2. The third-order valence-corrected chi connectivity index (χ3v) is 7.40. The number of rotatable bonds is 14. The third-order valence-electron chi connectivity index (χ3n) is 6.56. The summed E-state index contributed by atoms with van der Waals surface area (Å²) in [7, 11) is 1.27. The van der Waals surface area contributed by atoms with Gasteiger partial charge in [-0.25, -0.2) is 14.2 Å². The van der Waals surface area contributed by atoms with E-state index in [9.17, 15) is 9.59 Å². The molecule has 4 rings (SSSR count). The molecule has 0 saturated carbocycles. The number of hydrogen-bond acceptors (Lipinski definition) is 11. The van der Waals surface area contributed by atoms with E-state index < -0.39 is 17.9 Å². The van der Waals surface area contributed by atoms with Crippen LogP contribution in [0.1, 0.15) is 30.9 Å². The predicted molar refractivity (Wildman–Crippen MR) is 156 cm³/mol. The number of esters is 2. The molecule has 0 radical (unpaired) electrons. The van der Waals surface area contributed by atoms with Crippen LogP contribution in [-0.2, 0) is 35.1 Å². The van der Waals surface area contributed by atoms with Crippen LogP contribution in [0.4, 0.5) is 0 Å². The summed E-state index contributed by atoms with van der Waals surface area (Å²) in [6.45, 7) is 5.86. The van der Waals surface area contributed by atoms with E-state index in [0.29, 0.717) is 48.8 Å². The van der Waals surface area contributed by atoms with Gasteiger partial charge in [0, 0.05) is 18.8 Å². The fraction of sp³-hybridized carbons (Fsp3) is 0.379. The van der Waals surface area contributed by atoms with Crippen molar-refractivity contribution in [3.63, 3.8) is 0 Å². The number of carbonyl (C=O) groups excluding carboxylic acids is 2. The van der Waals surface area contributed by atoms with Crippen molar-refractivity contribution in [2.24, 2.45) is 0 Å². The highest BCUT2D eigenvalue weighted by molar-refractivity contribution is 6.42. The van der Waals surface area contributed by atoms with E-state index >= 15 is 0 Å². The molecule has 2 aromatic carbocycles. The molecule has 13 heteroatoms. The standard InChI is InChI=1S/C29H32Cl2N4O7/c1-4-41-29(37)25-22(33-17(2)23(28(36)38-3)24(25)19-8-6-9-20(30)26(19)31)16-40-14-13-39-12-11-32-15-18-7-5-10-21-27(18)35-42-34-21/h5-10,24,32-33H,4,11-16H2,1-3H3. The summed E-state index contributed by atoms with van der Waals surface area (Å²) in [6.07, 6.45) is 0. The van der Waals surface area contributed by atoms with Crippen LogP contribution in [0.3, 0.4) is 0 Å². The molecule has 0 spiro atoms. The second-order valence-corrected chi connectivity index (χ2v) is 10.0. The molecule has 2 N–H and O–H groups in total. The van der Waals surface area contributed by atoms with Crippen LogP contribution in [-0.4, -0.2) is 68.9 Å². The smallest absolute Gasteiger partial charge is 0.336 e. The number of dihydropyridines is 1. The zero-order valence-corrected chi connectivity index (χ0v) is 25.0. The fourth-order valence-corrected chi connectivity index (χ4v) is 5.08. The van der Waals surface area contributed by atoms with Gasteiger partial charge in [-0.05, 0) is 47.4 Å². The summed E-state index contributed by atoms with van der Waals surface area (Å²) in [5, 5.41) is 14.7. The maximum absolute atomic E-state index is 13.3. The number of benzene rings is 2. The number of halogens is 2. The van der Waals surface area contributed by atoms with Gasteiger partial charge in [0.2, 0.25) is 0 Å². The quantitative estimate of drug-likeness (QED) is 0.198. The van der Waals surface area contributed by atoms with E-state index in [-0.39, 0.29) is 41.0 Å². The van der Waals surface area contributed by atoms with Crippen LogP contribution >= 0.6 is 23.2 Å². The van der Waals surface area contributed by atoms with Gasteiger partial charge in [-0.3, -0.25) is 0 Å². The van der Waals surface area contributed by atoms with Crippen LogP contribution < -0.4 is 10.6 Å². The highest BCUT2D eigenvalue weighted by atomic mass is 35.5. The number of ether oxygens (including phenoxy) is 4. The Kier molecular flexibility index (Phi) is 11.3. The Morgan fingerprint density at radius 2 is 1.81 bits per heavy atom. The maximum Gasteiger partial charge on any atom is 0.336 e. The Bertz CT molecular complexity index is 1490. The molecule has 1 aromatic heterocycles. The molecule has 1 atom stereocenters. The number of methoxy groups -OCH3 is 1. The Hall–Kier alpha value is -3.48. The molecule has 224 valence electrons. The van der Waals surface area contributed by atoms with Gasteiger partial charge in [-0.15, -0.1) is 0 Å². The van der Waals surface area contributed by atoms with Crippen molar-refractivity contribution < 1.29 is 33.2 Å². The summed E-state index contributed by atoms with van der Waals surface area (Å²) in [4.78, 5) is 26.2. The normalized spacial score (nSPS) is 15.2. The molecule has 0 saturated heterocycles. The maximum atomic E-state index is 13.3. The lowest BCUT2D eigenvalue weighted by molar-refractivity contribution is -0.139. The lowest BCUT2D eigenvalue weighted by Crippen LogP contribution is -2.35. The number of carbonyl (C=O) groups is 2. The minimum atomic E-state index is -0.885. The Balaban J connectivity index is 1.38. The molecule has 0 aliphatic carbocycles. The van der Waals surface area contributed by atoms with Crippen molar-refractivity contribution in [1.29, 1.82) is 0 Å². The topological polar surface area (TPSA) is 134 Å². The van der Waals surface area contributed by atoms with Crippen molar-refractivity contribution in [3.8, 4) is 0 Å². The summed E-state index contributed by atoms with van der Waals surface area (Å²) >= 11 is 12.9. The SMILES string of the molecule is CCOC(=O)C1=C(COCCOCCNCc2cccc3nonc23)NC(C)=C(C(=O)OC)C1c1cccc(Cl)c1Cl. The second kappa shape index (κ2) is 15.1. The van der Waals surface area contributed by atoms with E-state index in [2.05, 4.69) is 20.9 Å². The van der Waals surface area contributed by atoms with E-state index in [0.717, 1.165) is 11.1 Å². The predicted octanol–water partition coefficient (Wildman–Crippen LogP) is 4.30. The summed E-state index contributed by atoms with van der Waals surface area (Å²) in [5.41, 5.74) is 4.25. The van der Waals surface area contributed by atoms with Crippen molar-refractivity contribution in [1.82, 2.24) is 20.9 Å². The lowest BCUT2D eigenvalue weighted by atomic mass is 9.80. The van der Waals surface area contributed by atoms with Crippen molar-refractivity contribution in [2.45, 2.75) is 26.3 Å². The first-order valence-corrected chi connectivity index (χ1v) is 14.1. The summed E-state index contributed by atoms with van der Waals surface area (Å²) < 4.78 is 26.8. The fourth-order valence-electron chi connectivity index (χ4n) is 4.66. The minimum Gasteiger partial charge on any atom is -0.466 e. The van der Waals surface area contributed by atoms with E-state index in [4.69, 9.17) is 46.8 Å². The molecular weight excluding hydrogens is 587 g/mol. The summed E-state index contributed by atoms with van der Waals surface area (Å²) in [6, 6.07) is 10.7. The molecule has 42 heavy (non-hydrogen) atoms. The third kappa shape index (κ3) is 7.29. The molecule has 1 aliphatic rings. The number of fused-ring (bicyclic) bond motifs is 1. The van der Waals surface area contributed by atoms with Gasteiger partial charge < -0.3 is 29.6 Å². The molecule has 0 bridgehead atoms.